The molecule has 6 heteroatoms. The molecule has 176 valence electrons. The van der Waals surface area contributed by atoms with Crippen molar-refractivity contribution < 1.29 is 9.59 Å². The van der Waals surface area contributed by atoms with E-state index in [0.717, 1.165) is 51.9 Å². The first-order valence-electron chi connectivity index (χ1n) is 12.3. The number of carbonyl (C=O) groups excluding carboxylic acids is 2. The molecule has 1 saturated carbocycles. The lowest BCUT2D eigenvalue weighted by molar-refractivity contribution is -0.120. The Kier molecular flexibility index (Phi) is 8.00. The van der Waals surface area contributed by atoms with E-state index in [1.165, 1.54) is 12.1 Å². The van der Waals surface area contributed by atoms with Crippen LogP contribution in [-0.2, 0) is 4.79 Å². The van der Waals surface area contributed by atoms with Gasteiger partial charge in [0.2, 0.25) is 5.91 Å². The normalized spacial score (nSPS) is 18.5. The molecule has 6 nitrogen and oxygen atoms in total. The lowest BCUT2D eigenvalue weighted by Gasteiger charge is -2.39. The number of carbonyl (C=O) groups is 2. The zero-order valence-electron chi connectivity index (χ0n) is 19.6. The molecule has 2 aliphatic rings. The fourth-order valence-corrected chi connectivity index (χ4v) is 4.88. The smallest absolute Gasteiger partial charge is 0.251 e. The van der Waals surface area contributed by atoms with Gasteiger partial charge in [-0.2, -0.15) is 0 Å². The van der Waals surface area contributed by atoms with Crippen LogP contribution in [0.2, 0.25) is 0 Å². The third-order valence-electron chi connectivity index (χ3n) is 6.99. The molecule has 2 aromatic rings. The second-order valence-electron chi connectivity index (χ2n) is 9.32. The van der Waals surface area contributed by atoms with Crippen LogP contribution in [0.5, 0.6) is 0 Å². The minimum atomic E-state index is -0.0986. The molecular weight excluding hydrogens is 412 g/mol. The highest BCUT2D eigenvalue weighted by Gasteiger charge is 2.23. The van der Waals surface area contributed by atoms with Crippen LogP contribution in [0.1, 0.15) is 49.4 Å². The van der Waals surface area contributed by atoms with Crippen LogP contribution >= 0.6 is 0 Å². The largest absolute Gasteiger partial charge is 0.369 e. The van der Waals surface area contributed by atoms with Gasteiger partial charge in [-0.15, -0.1) is 0 Å². The molecular formula is C27H36N4O2. The number of piperazine rings is 1. The minimum Gasteiger partial charge on any atom is -0.369 e. The summed E-state index contributed by atoms with van der Waals surface area (Å²) in [5, 5.41) is 6.09. The van der Waals surface area contributed by atoms with Gasteiger partial charge < -0.3 is 15.5 Å². The zero-order chi connectivity index (χ0) is 23.0. The van der Waals surface area contributed by atoms with Gasteiger partial charge in [0.05, 0.1) is 0 Å². The number of para-hydroxylation sites is 1. The van der Waals surface area contributed by atoms with Gasteiger partial charge in [0.25, 0.3) is 5.91 Å². The number of rotatable bonds is 7. The highest BCUT2D eigenvalue weighted by atomic mass is 16.2. The number of nitrogens with zero attached hydrogens (tertiary/aromatic N) is 2. The first kappa shape index (κ1) is 23.3. The maximum atomic E-state index is 12.8. The Morgan fingerprint density at radius 2 is 1.67 bits per heavy atom. The summed E-state index contributed by atoms with van der Waals surface area (Å²) in [5.41, 5.74) is 2.55. The predicted octanol–water partition coefficient (Wildman–Crippen LogP) is 4.15. The molecule has 0 radical (unpaired) electrons. The quantitative estimate of drug-likeness (QED) is 0.668. The number of amides is 2. The van der Waals surface area contributed by atoms with Gasteiger partial charge in [-0.05, 0) is 50.1 Å². The van der Waals surface area contributed by atoms with Crippen molar-refractivity contribution in [3.05, 3.63) is 60.2 Å². The summed E-state index contributed by atoms with van der Waals surface area (Å²) in [4.78, 5) is 30.1. The minimum absolute atomic E-state index is 0.0792. The van der Waals surface area contributed by atoms with E-state index in [4.69, 9.17) is 0 Å². The summed E-state index contributed by atoms with van der Waals surface area (Å²) in [6, 6.07) is 18.0. The Morgan fingerprint density at radius 3 is 2.39 bits per heavy atom. The molecule has 2 aromatic carbocycles. The molecule has 1 unspecified atom stereocenters. The van der Waals surface area contributed by atoms with Gasteiger partial charge in [-0.1, -0.05) is 43.5 Å². The van der Waals surface area contributed by atoms with Gasteiger partial charge in [-0.3, -0.25) is 14.5 Å². The van der Waals surface area contributed by atoms with Crippen LogP contribution in [0.25, 0.3) is 0 Å². The van der Waals surface area contributed by atoms with Crippen molar-refractivity contribution in [1.82, 2.24) is 10.2 Å². The number of benzene rings is 2. The second-order valence-corrected chi connectivity index (χ2v) is 9.32. The fraction of sp³-hybridized carbons (Fsp3) is 0.481. The maximum Gasteiger partial charge on any atom is 0.251 e. The molecule has 2 fully saturated rings. The Bertz CT molecular complexity index is 919. The summed E-state index contributed by atoms with van der Waals surface area (Å²) >= 11 is 0. The van der Waals surface area contributed by atoms with Crippen molar-refractivity contribution in [2.24, 2.45) is 5.92 Å². The van der Waals surface area contributed by atoms with Crippen molar-refractivity contribution in [2.45, 2.75) is 45.1 Å². The molecule has 4 rings (SSSR count). The molecule has 2 N–H and O–H groups in total. The topological polar surface area (TPSA) is 64.7 Å². The third-order valence-corrected chi connectivity index (χ3v) is 6.99. The van der Waals surface area contributed by atoms with E-state index < -0.39 is 0 Å². The second kappa shape index (κ2) is 11.3. The molecule has 0 aromatic heterocycles. The van der Waals surface area contributed by atoms with Crippen LogP contribution in [0.3, 0.4) is 0 Å². The summed E-state index contributed by atoms with van der Waals surface area (Å²) < 4.78 is 0. The first-order valence-corrected chi connectivity index (χ1v) is 12.3. The fourth-order valence-electron chi connectivity index (χ4n) is 4.88. The number of hydrogen-bond acceptors (Lipinski definition) is 4. The first-order chi connectivity index (χ1) is 16.1. The summed E-state index contributed by atoms with van der Waals surface area (Å²) in [6.07, 6.45) is 5.40. The lowest BCUT2D eigenvalue weighted by atomic mass is 9.88. The van der Waals surface area contributed by atoms with Gasteiger partial charge in [0, 0.05) is 61.6 Å². The maximum absolute atomic E-state index is 12.8. The summed E-state index contributed by atoms with van der Waals surface area (Å²) in [7, 11) is 0. The summed E-state index contributed by atoms with van der Waals surface area (Å²) in [6.45, 7) is 6.71. The number of nitrogens with one attached hydrogen (secondary N) is 2. The average molecular weight is 449 g/mol. The highest BCUT2D eigenvalue weighted by Crippen LogP contribution is 2.25. The molecule has 0 bridgehead atoms. The van der Waals surface area contributed by atoms with Crippen molar-refractivity contribution in [3.63, 3.8) is 0 Å². The monoisotopic (exact) mass is 448 g/mol. The lowest BCUT2D eigenvalue weighted by Crippen LogP contribution is -2.52. The van der Waals surface area contributed by atoms with E-state index in [2.05, 4.69) is 51.6 Å². The van der Waals surface area contributed by atoms with E-state index in [0.29, 0.717) is 17.8 Å². The third kappa shape index (κ3) is 6.35. The summed E-state index contributed by atoms with van der Waals surface area (Å²) in [5.74, 6) is 0.0773. The Hall–Kier alpha value is -2.86. The van der Waals surface area contributed by atoms with E-state index in [1.807, 2.05) is 18.2 Å². The Labute approximate surface area is 197 Å². The number of hydrogen-bond donors (Lipinski definition) is 2. The predicted molar refractivity (Wildman–Crippen MR) is 134 cm³/mol. The molecule has 0 spiro atoms. The van der Waals surface area contributed by atoms with Crippen molar-refractivity contribution in [1.29, 1.82) is 0 Å². The molecule has 1 aliphatic carbocycles. The molecule has 2 amide bonds. The molecule has 1 heterocycles. The standard InChI is InChI=1S/C27H36N4O2/c1-21(30-15-17-31(18-16-30)25-13-6-3-7-14-25)20-28-26(32)23-11-8-12-24(19-23)29-27(33)22-9-4-2-5-10-22/h3,6-8,11-14,19,21-22H,2,4-5,9-10,15-18,20H2,1H3,(H,28,32)(H,29,33). The van der Waals surface area contributed by atoms with E-state index >= 15 is 0 Å². The van der Waals surface area contributed by atoms with Crippen LogP contribution in [0.4, 0.5) is 11.4 Å². The molecule has 1 aliphatic heterocycles. The Balaban J connectivity index is 1.24. The molecule has 1 atom stereocenters. The molecule has 1 saturated heterocycles. The van der Waals surface area contributed by atoms with Gasteiger partial charge in [-0.25, -0.2) is 0 Å². The van der Waals surface area contributed by atoms with Crippen molar-refractivity contribution in [3.8, 4) is 0 Å². The van der Waals surface area contributed by atoms with E-state index in [9.17, 15) is 9.59 Å². The van der Waals surface area contributed by atoms with Crippen molar-refractivity contribution in [2.75, 3.05) is 42.9 Å². The SMILES string of the molecule is CC(CNC(=O)c1cccc(NC(=O)C2CCCCC2)c1)N1CCN(c2ccccc2)CC1. The highest BCUT2D eigenvalue weighted by molar-refractivity contribution is 5.97. The van der Waals surface area contributed by atoms with Crippen LogP contribution in [0, 0.1) is 5.92 Å². The van der Waals surface area contributed by atoms with Gasteiger partial charge in [0.1, 0.15) is 0 Å². The zero-order valence-corrected chi connectivity index (χ0v) is 19.6. The van der Waals surface area contributed by atoms with Crippen LogP contribution in [-0.4, -0.2) is 55.5 Å². The van der Waals surface area contributed by atoms with Crippen molar-refractivity contribution >= 4 is 23.2 Å². The van der Waals surface area contributed by atoms with E-state index in [1.54, 1.807) is 12.1 Å². The molecule has 33 heavy (non-hydrogen) atoms. The number of anilines is 2. The van der Waals surface area contributed by atoms with Crippen LogP contribution in [0.15, 0.2) is 54.6 Å². The van der Waals surface area contributed by atoms with Gasteiger partial charge >= 0.3 is 0 Å². The Morgan fingerprint density at radius 1 is 0.939 bits per heavy atom. The average Bonchev–Trinajstić information content (AvgIpc) is 2.88. The van der Waals surface area contributed by atoms with Gasteiger partial charge in [0.15, 0.2) is 0 Å². The van der Waals surface area contributed by atoms with Crippen LogP contribution < -0.4 is 15.5 Å². The van der Waals surface area contributed by atoms with E-state index in [-0.39, 0.29) is 23.8 Å².